The fourth-order valence-electron chi connectivity index (χ4n) is 1.04. The molecule has 0 fully saturated rings. The lowest BCUT2D eigenvalue weighted by Crippen LogP contribution is -2.44. The van der Waals surface area contributed by atoms with Crippen LogP contribution in [0.25, 0.3) is 0 Å². The molecule has 2 atom stereocenters. The molecule has 0 aromatic rings. The maximum atomic E-state index is 11.2. The Balaban J connectivity index is 4.05. The lowest BCUT2D eigenvalue weighted by atomic mass is 10.1. The van der Waals surface area contributed by atoms with Crippen molar-refractivity contribution < 1.29 is 24.6 Å². The van der Waals surface area contributed by atoms with Gasteiger partial charge in [0.2, 0.25) is 5.91 Å². The van der Waals surface area contributed by atoms with Gasteiger partial charge in [-0.15, -0.1) is 0 Å². The highest BCUT2D eigenvalue weighted by Crippen LogP contribution is 2.00. The van der Waals surface area contributed by atoms with Crippen molar-refractivity contribution in [1.29, 1.82) is 0 Å². The monoisotopic (exact) mass is 232 g/mol. The molecule has 0 aliphatic carbocycles. The fourth-order valence-corrected chi connectivity index (χ4v) is 1.04. The molecule has 16 heavy (non-hydrogen) atoms. The summed E-state index contributed by atoms with van der Waals surface area (Å²) in [6, 6.07) is -1.15. The Morgan fingerprint density at radius 1 is 1.31 bits per heavy atom. The Morgan fingerprint density at radius 3 is 2.25 bits per heavy atom. The molecule has 0 heterocycles. The van der Waals surface area contributed by atoms with Gasteiger partial charge in [-0.25, -0.2) is 0 Å². The molecule has 5 N–H and O–H groups in total. The van der Waals surface area contributed by atoms with Crippen LogP contribution in [-0.2, 0) is 14.4 Å². The number of hydrogen-bond donors (Lipinski definition) is 4. The summed E-state index contributed by atoms with van der Waals surface area (Å²) in [7, 11) is 0. The summed E-state index contributed by atoms with van der Waals surface area (Å²) in [6.07, 6.45) is -0.0977. The van der Waals surface area contributed by atoms with Crippen LogP contribution >= 0.6 is 0 Å². The molecular formula is C9H16N2O5. The van der Waals surface area contributed by atoms with Crippen LogP contribution in [0.1, 0.15) is 19.8 Å². The van der Waals surface area contributed by atoms with E-state index in [9.17, 15) is 14.4 Å². The molecule has 0 spiro atoms. The third-order valence-corrected chi connectivity index (χ3v) is 2.10. The predicted octanol–water partition coefficient (Wildman–Crippen LogP) is -0.985. The Morgan fingerprint density at radius 2 is 1.88 bits per heavy atom. The van der Waals surface area contributed by atoms with Gasteiger partial charge in [0.1, 0.15) is 0 Å². The van der Waals surface area contributed by atoms with E-state index in [0.717, 1.165) is 0 Å². The summed E-state index contributed by atoms with van der Waals surface area (Å²) >= 11 is 0. The van der Waals surface area contributed by atoms with Crippen molar-refractivity contribution in [1.82, 2.24) is 5.32 Å². The molecule has 2 unspecified atom stereocenters. The van der Waals surface area contributed by atoms with E-state index in [2.05, 4.69) is 5.32 Å². The molecule has 0 aromatic heterocycles. The molecule has 0 bridgehead atoms. The summed E-state index contributed by atoms with van der Waals surface area (Å²) in [5.41, 5.74) is 5.28. The topological polar surface area (TPSA) is 130 Å². The van der Waals surface area contributed by atoms with E-state index in [-0.39, 0.29) is 6.54 Å². The number of nitrogens with two attached hydrogens (primary N) is 1. The normalized spacial score (nSPS) is 13.9. The van der Waals surface area contributed by atoms with Gasteiger partial charge in [-0.05, 0) is 6.42 Å². The summed E-state index contributed by atoms with van der Waals surface area (Å²) in [4.78, 5) is 32.1. The number of aliphatic carboxylic acids is 2. The van der Waals surface area contributed by atoms with Crippen LogP contribution in [0.5, 0.6) is 0 Å². The molecule has 0 rings (SSSR count). The van der Waals surface area contributed by atoms with E-state index in [4.69, 9.17) is 15.9 Å². The molecule has 7 heteroatoms. The van der Waals surface area contributed by atoms with Crippen LogP contribution in [0.3, 0.4) is 0 Å². The van der Waals surface area contributed by atoms with Crippen molar-refractivity contribution in [2.24, 2.45) is 11.7 Å². The van der Waals surface area contributed by atoms with Gasteiger partial charge in [-0.2, -0.15) is 0 Å². The first-order valence-electron chi connectivity index (χ1n) is 4.86. The highest BCUT2D eigenvalue weighted by molar-refractivity contribution is 5.86. The number of carbonyl (C=O) groups excluding carboxylic acids is 1. The van der Waals surface area contributed by atoms with E-state index < -0.39 is 36.2 Å². The summed E-state index contributed by atoms with van der Waals surface area (Å²) in [5.74, 6) is -3.51. The minimum Gasteiger partial charge on any atom is -0.481 e. The van der Waals surface area contributed by atoms with E-state index in [1.165, 1.54) is 0 Å². The van der Waals surface area contributed by atoms with E-state index in [1.807, 2.05) is 0 Å². The number of nitrogens with one attached hydrogen (secondary N) is 1. The molecule has 0 saturated heterocycles. The molecule has 92 valence electrons. The van der Waals surface area contributed by atoms with Crippen LogP contribution in [0.4, 0.5) is 0 Å². The molecular weight excluding hydrogens is 216 g/mol. The van der Waals surface area contributed by atoms with E-state index >= 15 is 0 Å². The van der Waals surface area contributed by atoms with Crippen molar-refractivity contribution in [3.8, 4) is 0 Å². The van der Waals surface area contributed by atoms with Crippen molar-refractivity contribution >= 4 is 17.8 Å². The Bertz CT molecular complexity index is 279. The van der Waals surface area contributed by atoms with Crippen LogP contribution in [0, 0.1) is 5.92 Å². The zero-order chi connectivity index (χ0) is 12.7. The number of carboxylic acid groups (broad SMARTS) is 2. The number of carbonyl (C=O) groups is 3. The maximum Gasteiger partial charge on any atom is 0.308 e. The average molecular weight is 232 g/mol. The van der Waals surface area contributed by atoms with Gasteiger partial charge < -0.3 is 21.3 Å². The zero-order valence-corrected chi connectivity index (χ0v) is 8.97. The summed E-state index contributed by atoms with van der Waals surface area (Å²) < 4.78 is 0. The number of hydrogen-bond acceptors (Lipinski definition) is 4. The standard InChI is InChI=1S/C9H16N2O5/c1-2-5(9(15)16)4-11-8(14)6(10)3-7(12)13/h5-6H,2-4,10H2,1H3,(H,11,14)(H,12,13)(H,15,16). The number of carboxylic acids is 2. The largest absolute Gasteiger partial charge is 0.481 e. The van der Waals surface area contributed by atoms with Crippen LogP contribution in [0.15, 0.2) is 0 Å². The van der Waals surface area contributed by atoms with Crippen molar-refractivity contribution in [2.45, 2.75) is 25.8 Å². The maximum absolute atomic E-state index is 11.2. The smallest absolute Gasteiger partial charge is 0.308 e. The van der Waals surface area contributed by atoms with Gasteiger partial charge in [-0.1, -0.05) is 6.92 Å². The lowest BCUT2D eigenvalue weighted by molar-refractivity contribution is -0.142. The fraction of sp³-hybridized carbons (Fsp3) is 0.667. The molecule has 1 amide bonds. The van der Waals surface area contributed by atoms with Gasteiger partial charge in [0.05, 0.1) is 18.4 Å². The third-order valence-electron chi connectivity index (χ3n) is 2.10. The van der Waals surface area contributed by atoms with Crippen LogP contribution in [0.2, 0.25) is 0 Å². The van der Waals surface area contributed by atoms with Crippen LogP contribution in [-0.4, -0.2) is 40.6 Å². The van der Waals surface area contributed by atoms with Gasteiger partial charge in [0, 0.05) is 6.54 Å². The molecule has 0 aliphatic rings. The first-order chi connectivity index (χ1) is 7.38. The molecule has 0 aliphatic heterocycles. The first kappa shape index (κ1) is 14.4. The Hall–Kier alpha value is -1.63. The SMILES string of the molecule is CCC(CNC(=O)C(N)CC(=O)O)C(=O)O. The zero-order valence-electron chi connectivity index (χ0n) is 8.97. The molecule has 0 aromatic carbocycles. The second-order valence-electron chi connectivity index (χ2n) is 3.39. The minimum absolute atomic E-state index is 0.0437. The van der Waals surface area contributed by atoms with E-state index in [1.54, 1.807) is 6.92 Å². The van der Waals surface area contributed by atoms with Gasteiger partial charge >= 0.3 is 11.9 Å². The second kappa shape index (κ2) is 6.78. The van der Waals surface area contributed by atoms with Crippen molar-refractivity contribution in [3.63, 3.8) is 0 Å². The minimum atomic E-state index is -1.17. The van der Waals surface area contributed by atoms with Crippen molar-refractivity contribution in [3.05, 3.63) is 0 Å². The molecule has 0 saturated carbocycles. The molecule has 7 nitrogen and oxygen atoms in total. The van der Waals surface area contributed by atoms with Gasteiger partial charge in [0.15, 0.2) is 0 Å². The van der Waals surface area contributed by atoms with Crippen LogP contribution < -0.4 is 11.1 Å². The first-order valence-corrected chi connectivity index (χ1v) is 4.86. The highest BCUT2D eigenvalue weighted by Gasteiger charge is 2.20. The number of amides is 1. The summed E-state index contributed by atoms with van der Waals surface area (Å²) in [6.45, 7) is 1.64. The second-order valence-corrected chi connectivity index (χ2v) is 3.39. The number of rotatable bonds is 7. The third kappa shape index (κ3) is 5.30. The van der Waals surface area contributed by atoms with Gasteiger partial charge in [-0.3, -0.25) is 14.4 Å². The predicted molar refractivity (Wildman–Crippen MR) is 54.7 cm³/mol. The lowest BCUT2D eigenvalue weighted by Gasteiger charge is -2.13. The van der Waals surface area contributed by atoms with Gasteiger partial charge in [0.25, 0.3) is 0 Å². The van der Waals surface area contributed by atoms with Crippen molar-refractivity contribution in [2.75, 3.05) is 6.54 Å². The van der Waals surface area contributed by atoms with E-state index in [0.29, 0.717) is 6.42 Å². The highest BCUT2D eigenvalue weighted by atomic mass is 16.4. The Kier molecular flexibility index (Phi) is 6.09. The molecule has 0 radical (unpaired) electrons. The average Bonchev–Trinajstić information content (AvgIpc) is 2.16. The quantitative estimate of drug-likeness (QED) is 0.446. The Labute approximate surface area is 92.6 Å². The summed E-state index contributed by atoms with van der Waals surface area (Å²) in [5, 5.41) is 19.4.